The molecule has 166 valence electrons. The quantitative estimate of drug-likeness (QED) is 0.401. The number of hydrogen-bond acceptors (Lipinski definition) is 3. The molecule has 1 amide bonds. The van der Waals surface area contributed by atoms with E-state index < -0.39 is 0 Å². The van der Waals surface area contributed by atoms with Crippen molar-refractivity contribution in [2.75, 3.05) is 13.1 Å². The van der Waals surface area contributed by atoms with E-state index in [1.807, 2.05) is 60.4 Å². The van der Waals surface area contributed by atoms with Crippen LogP contribution in [0.15, 0.2) is 53.3 Å². The van der Waals surface area contributed by atoms with Gasteiger partial charge < -0.3 is 4.90 Å². The van der Waals surface area contributed by atoms with Crippen LogP contribution >= 0.6 is 11.6 Å². The fourth-order valence-corrected chi connectivity index (χ4v) is 4.43. The molecular formula is C25H27ClN4O2. The Hall–Kier alpha value is -3.12. The molecule has 0 radical (unpaired) electrons. The third-order valence-corrected chi connectivity index (χ3v) is 5.93. The Balaban J connectivity index is 1.92. The second kappa shape index (κ2) is 9.17. The van der Waals surface area contributed by atoms with Crippen LogP contribution < -0.4 is 5.69 Å². The Morgan fingerprint density at radius 1 is 1.06 bits per heavy atom. The molecule has 0 spiro atoms. The molecule has 0 aliphatic carbocycles. The van der Waals surface area contributed by atoms with Gasteiger partial charge in [0.2, 0.25) is 5.91 Å². The van der Waals surface area contributed by atoms with Crippen molar-refractivity contribution in [3.63, 3.8) is 0 Å². The van der Waals surface area contributed by atoms with Crippen molar-refractivity contribution in [3.05, 3.63) is 69.7 Å². The number of benzene rings is 2. The highest BCUT2D eigenvalue weighted by Gasteiger charge is 2.21. The number of halogens is 1. The lowest BCUT2D eigenvalue weighted by Gasteiger charge is -2.22. The third kappa shape index (κ3) is 3.91. The molecule has 0 aliphatic heterocycles. The number of amides is 1. The van der Waals surface area contributed by atoms with Crippen LogP contribution in [-0.2, 0) is 11.3 Å². The first-order valence-corrected chi connectivity index (χ1v) is 11.4. The Bertz CT molecular complexity index is 1350. The maximum absolute atomic E-state index is 13.6. The van der Waals surface area contributed by atoms with Crippen molar-refractivity contribution in [2.24, 2.45) is 0 Å². The van der Waals surface area contributed by atoms with E-state index in [2.05, 4.69) is 13.8 Å². The number of carbonyl (C=O) groups is 1. The zero-order chi connectivity index (χ0) is 22.8. The summed E-state index contributed by atoms with van der Waals surface area (Å²) in [6, 6.07) is 15.1. The molecule has 0 N–H and O–H groups in total. The second-order valence-corrected chi connectivity index (χ2v) is 8.42. The zero-order valence-corrected chi connectivity index (χ0v) is 19.4. The van der Waals surface area contributed by atoms with Crippen molar-refractivity contribution in [3.8, 4) is 11.3 Å². The van der Waals surface area contributed by atoms with Gasteiger partial charge in [-0.15, -0.1) is 0 Å². The van der Waals surface area contributed by atoms with E-state index in [-0.39, 0.29) is 18.1 Å². The molecule has 2 aromatic carbocycles. The SMILES string of the molecule is CCCN(CCC)C(=O)Cn1c(=O)n2c(C)c(-c3cccc(Cl)c3)nc2c2ccccc21. The first kappa shape index (κ1) is 22.1. The maximum atomic E-state index is 13.6. The Kier molecular flexibility index (Phi) is 6.33. The lowest BCUT2D eigenvalue weighted by Crippen LogP contribution is -2.39. The minimum absolute atomic E-state index is 0.000590. The Morgan fingerprint density at radius 3 is 2.47 bits per heavy atom. The predicted octanol–water partition coefficient (Wildman–Crippen LogP) is 4.93. The van der Waals surface area contributed by atoms with Gasteiger partial charge in [-0.3, -0.25) is 9.36 Å². The van der Waals surface area contributed by atoms with Gasteiger partial charge in [-0.2, -0.15) is 0 Å². The van der Waals surface area contributed by atoms with Crippen molar-refractivity contribution in [1.82, 2.24) is 18.9 Å². The molecule has 2 aromatic heterocycles. The van der Waals surface area contributed by atoms with Gasteiger partial charge >= 0.3 is 5.69 Å². The fraction of sp³-hybridized carbons (Fsp3) is 0.320. The van der Waals surface area contributed by atoms with Crippen LogP contribution in [-0.4, -0.2) is 37.8 Å². The van der Waals surface area contributed by atoms with Crippen LogP contribution in [0.3, 0.4) is 0 Å². The van der Waals surface area contributed by atoms with Gasteiger partial charge in [-0.25, -0.2) is 14.2 Å². The number of hydrogen-bond donors (Lipinski definition) is 0. The molecule has 0 saturated carbocycles. The van der Waals surface area contributed by atoms with Gasteiger partial charge in [-0.05, 0) is 44.0 Å². The molecule has 4 rings (SSSR count). The molecule has 0 saturated heterocycles. The van der Waals surface area contributed by atoms with Crippen molar-refractivity contribution < 1.29 is 4.79 Å². The smallest absolute Gasteiger partial charge is 0.335 e. The summed E-state index contributed by atoms with van der Waals surface area (Å²) in [5.74, 6) is -0.0480. The number of carbonyl (C=O) groups excluding carboxylic acids is 1. The summed E-state index contributed by atoms with van der Waals surface area (Å²) in [6.45, 7) is 7.35. The average Bonchev–Trinajstić information content (AvgIpc) is 3.14. The van der Waals surface area contributed by atoms with Crippen molar-refractivity contribution in [2.45, 2.75) is 40.2 Å². The fourth-order valence-electron chi connectivity index (χ4n) is 4.24. The molecule has 0 fully saturated rings. The summed E-state index contributed by atoms with van der Waals surface area (Å²) in [7, 11) is 0. The van der Waals surface area contributed by atoms with Gasteiger partial charge in [0.15, 0.2) is 5.65 Å². The van der Waals surface area contributed by atoms with Crippen LogP contribution in [0.1, 0.15) is 32.4 Å². The summed E-state index contributed by atoms with van der Waals surface area (Å²) in [6.07, 6.45) is 1.76. The third-order valence-electron chi connectivity index (χ3n) is 5.70. The van der Waals surface area contributed by atoms with Crippen LogP contribution in [0.2, 0.25) is 5.02 Å². The molecule has 0 aliphatic rings. The normalized spacial score (nSPS) is 11.4. The zero-order valence-electron chi connectivity index (χ0n) is 18.6. The standard InChI is InChI=1S/C25H27ClN4O2/c1-4-13-28(14-5-2)22(31)16-29-21-12-7-6-11-20(21)24-27-23(17(3)30(24)25(29)32)18-9-8-10-19(26)15-18/h6-12,15H,4-5,13-14,16H2,1-3H3. The minimum atomic E-state index is -0.265. The molecule has 0 atom stereocenters. The lowest BCUT2D eigenvalue weighted by atomic mass is 10.1. The van der Waals surface area contributed by atoms with E-state index in [1.165, 1.54) is 0 Å². The van der Waals surface area contributed by atoms with E-state index in [0.29, 0.717) is 35.0 Å². The van der Waals surface area contributed by atoms with Crippen molar-refractivity contribution >= 4 is 34.1 Å². The van der Waals surface area contributed by atoms with Crippen LogP contribution in [0, 0.1) is 6.92 Å². The highest BCUT2D eigenvalue weighted by atomic mass is 35.5. The number of aryl methyl sites for hydroxylation is 1. The largest absolute Gasteiger partial charge is 0.341 e. The van der Waals surface area contributed by atoms with Gasteiger partial charge in [0.25, 0.3) is 0 Å². The van der Waals surface area contributed by atoms with Crippen molar-refractivity contribution in [1.29, 1.82) is 0 Å². The van der Waals surface area contributed by atoms with E-state index in [1.54, 1.807) is 8.97 Å². The molecule has 0 bridgehead atoms. The number of rotatable bonds is 7. The Labute approximate surface area is 192 Å². The summed E-state index contributed by atoms with van der Waals surface area (Å²) in [5, 5.41) is 1.44. The van der Waals surface area contributed by atoms with E-state index in [4.69, 9.17) is 16.6 Å². The Morgan fingerprint density at radius 2 is 1.78 bits per heavy atom. The first-order chi connectivity index (χ1) is 15.5. The summed E-state index contributed by atoms with van der Waals surface area (Å²) < 4.78 is 3.18. The van der Waals surface area contributed by atoms with E-state index in [0.717, 1.165) is 29.5 Å². The number of aromatic nitrogens is 3. The van der Waals surface area contributed by atoms with E-state index >= 15 is 0 Å². The van der Waals surface area contributed by atoms with Gasteiger partial charge in [0, 0.05) is 29.1 Å². The molecule has 2 heterocycles. The van der Waals surface area contributed by atoms with Gasteiger partial charge in [0.05, 0.1) is 16.9 Å². The van der Waals surface area contributed by atoms with Gasteiger partial charge in [0.1, 0.15) is 6.54 Å². The minimum Gasteiger partial charge on any atom is -0.341 e. The highest BCUT2D eigenvalue weighted by Crippen LogP contribution is 2.28. The molecular weight excluding hydrogens is 424 g/mol. The molecule has 0 unspecified atom stereocenters. The van der Waals surface area contributed by atoms with Crippen LogP contribution in [0.5, 0.6) is 0 Å². The number of imidazole rings is 1. The number of para-hydroxylation sites is 1. The molecule has 4 aromatic rings. The number of fused-ring (bicyclic) bond motifs is 3. The first-order valence-electron chi connectivity index (χ1n) is 11.0. The van der Waals surface area contributed by atoms with E-state index in [9.17, 15) is 9.59 Å². The second-order valence-electron chi connectivity index (χ2n) is 7.98. The monoisotopic (exact) mass is 450 g/mol. The summed E-state index contributed by atoms with van der Waals surface area (Å²) in [4.78, 5) is 33.4. The van der Waals surface area contributed by atoms with Crippen LogP contribution in [0.25, 0.3) is 27.8 Å². The summed E-state index contributed by atoms with van der Waals surface area (Å²) in [5.41, 5.74) is 3.30. The topological polar surface area (TPSA) is 59.6 Å². The lowest BCUT2D eigenvalue weighted by molar-refractivity contribution is -0.131. The molecule has 7 heteroatoms. The summed E-state index contributed by atoms with van der Waals surface area (Å²) >= 11 is 6.19. The van der Waals surface area contributed by atoms with Gasteiger partial charge in [-0.1, -0.05) is 49.7 Å². The maximum Gasteiger partial charge on any atom is 0.335 e. The average molecular weight is 451 g/mol. The molecule has 6 nitrogen and oxygen atoms in total. The highest BCUT2D eigenvalue weighted by molar-refractivity contribution is 6.30. The molecule has 32 heavy (non-hydrogen) atoms. The predicted molar refractivity (Wildman–Crippen MR) is 129 cm³/mol. The van der Waals surface area contributed by atoms with Crippen LogP contribution in [0.4, 0.5) is 0 Å². The number of nitrogens with zero attached hydrogens (tertiary/aromatic N) is 4.